The van der Waals surface area contributed by atoms with Gasteiger partial charge in [0.05, 0.1) is 6.61 Å². The monoisotopic (exact) mass is 192 g/mol. The Morgan fingerprint density at radius 1 is 1.43 bits per heavy atom. The van der Waals surface area contributed by atoms with Crippen molar-refractivity contribution in [3.8, 4) is 5.75 Å². The predicted molar refractivity (Wildman–Crippen MR) is 56.6 cm³/mol. The second-order valence-electron chi connectivity index (χ2n) is 3.54. The summed E-state index contributed by atoms with van der Waals surface area (Å²) in [6.07, 6.45) is 0. The van der Waals surface area contributed by atoms with E-state index in [1.165, 1.54) is 5.56 Å². The Hall–Kier alpha value is -1.06. The molecule has 0 spiro atoms. The highest BCUT2D eigenvalue weighted by molar-refractivity contribution is 5.39. The molecule has 0 aromatic heterocycles. The lowest BCUT2D eigenvalue weighted by Gasteiger charge is -2.09. The van der Waals surface area contributed by atoms with E-state index in [-0.39, 0.29) is 0 Å². The minimum absolute atomic E-state index is 0.484. The molecule has 1 aromatic carbocycles. The number of rotatable bonds is 4. The zero-order valence-corrected chi connectivity index (χ0v) is 8.20. The topological polar surface area (TPSA) is 47.3 Å². The van der Waals surface area contributed by atoms with Crippen molar-refractivity contribution in [3.63, 3.8) is 0 Å². The molecule has 3 N–H and O–H groups in total. The first-order valence-corrected chi connectivity index (χ1v) is 5.04. The maximum absolute atomic E-state index is 5.57. The smallest absolute Gasteiger partial charge is 0.122 e. The number of fused-ring (bicyclic) bond motifs is 1. The van der Waals surface area contributed by atoms with Crippen LogP contribution in [0.5, 0.6) is 5.75 Å². The molecule has 1 atom stereocenters. The Kier molecular flexibility index (Phi) is 3.01. The average molecular weight is 192 g/mol. The summed E-state index contributed by atoms with van der Waals surface area (Å²) in [5.41, 5.74) is 6.73. The maximum atomic E-state index is 5.57. The van der Waals surface area contributed by atoms with Crippen LogP contribution in [0.3, 0.4) is 0 Å². The highest BCUT2D eigenvalue weighted by atomic mass is 16.5. The lowest BCUT2D eigenvalue weighted by molar-refractivity contribution is 0.327. The number of nitrogens with one attached hydrogen (secondary N) is 1. The lowest BCUT2D eigenvalue weighted by atomic mass is 10.0. The molecule has 0 saturated carbocycles. The van der Waals surface area contributed by atoms with Gasteiger partial charge in [0, 0.05) is 31.1 Å². The van der Waals surface area contributed by atoms with Crippen molar-refractivity contribution in [1.82, 2.24) is 5.32 Å². The van der Waals surface area contributed by atoms with Crippen molar-refractivity contribution in [3.05, 3.63) is 29.8 Å². The fourth-order valence-electron chi connectivity index (χ4n) is 1.78. The largest absolute Gasteiger partial charge is 0.493 e. The van der Waals surface area contributed by atoms with Crippen molar-refractivity contribution >= 4 is 0 Å². The van der Waals surface area contributed by atoms with Gasteiger partial charge in [-0.3, -0.25) is 0 Å². The maximum Gasteiger partial charge on any atom is 0.122 e. The average Bonchev–Trinajstić information content (AvgIpc) is 2.63. The predicted octanol–water partition coefficient (Wildman–Crippen LogP) is 0.711. The second kappa shape index (κ2) is 4.44. The second-order valence-corrected chi connectivity index (χ2v) is 3.54. The summed E-state index contributed by atoms with van der Waals surface area (Å²) in [6.45, 7) is 3.30. The third-order valence-electron chi connectivity index (χ3n) is 2.51. The molecule has 0 bridgehead atoms. The molecule has 76 valence electrons. The van der Waals surface area contributed by atoms with Crippen LogP contribution < -0.4 is 15.8 Å². The third-order valence-corrected chi connectivity index (χ3v) is 2.51. The van der Waals surface area contributed by atoms with E-state index < -0.39 is 0 Å². The van der Waals surface area contributed by atoms with Crippen LogP contribution in [0, 0.1) is 0 Å². The molecule has 1 heterocycles. The van der Waals surface area contributed by atoms with Crippen LogP contribution in [0.1, 0.15) is 11.5 Å². The Labute approximate surface area is 84.3 Å². The van der Waals surface area contributed by atoms with Crippen LogP contribution in [0.4, 0.5) is 0 Å². The quantitative estimate of drug-likeness (QED) is 0.691. The molecule has 2 rings (SSSR count). The van der Waals surface area contributed by atoms with Crippen LogP contribution in [0.25, 0.3) is 0 Å². The van der Waals surface area contributed by atoms with Crippen molar-refractivity contribution in [1.29, 1.82) is 0 Å². The molecule has 3 heteroatoms. The molecule has 1 aliphatic heterocycles. The van der Waals surface area contributed by atoms with Crippen molar-refractivity contribution in [2.24, 2.45) is 5.73 Å². The van der Waals surface area contributed by atoms with Gasteiger partial charge in [-0.1, -0.05) is 18.2 Å². The first kappa shape index (κ1) is 9.49. The van der Waals surface area contributed by atoms with Gasteiger partial charge >= 0.3 is 0 Å². The number of ether oxygens (including phenoxy) is 1. The Morgan fingerprint density at radius 2 is 2.29 bits per heavy atom. The van der Waals surface area contributed by atoms with Crippen LogP contribution in [-0.2, 0) is 0 Å². The minimum atomic E-state index is 0.484. The van der Waals surface area contributed by atoms with E-state index in [1.54, 1.807) is 0 Å². The summed E-state index contributed by atoms with van der Waals surface area (Å²) in [5.74, 6) is 1.52. The van der Waals surface area contributed by atoms with Crippen molar-refractivity contribution < 1.29 is 4.74 Å². The first-order chi connectivity index (χ1) is 6.92. The van der Waals surface area contributed by atoms with Gasteiger partial charge in [-0.15, -0.1) is 0 Å². The standard InChI is InChI=1S/C11H16N2O/c12-5-6-13-7-9-8-14-11-4-2-1-3-10(9)11/h1-4,9,13H,5-8,12H2. The number of benzene rings is 1. The third kappa shape index (κ3) is 1.89. The van der Waals surface area contributed by atoms with Crippen molar-refractivity contribution in [2.75, 3.05) is 26.2 Å². The number of para-hydroxylation sites is 1. The lowest BCUT2D eigenvalue weighted by Crippen LogP contribution is -2.27. The van der Waals surface area contributed by atoms with Crippen LogP contribution in [0.2, 0.25) is 0 Å². The summed E-state index contributed by atoms with van der Waals surface area (Å²) >= 11 is 0. The molecule has 1 aromatic rings. The van der Waals surface area contributed by atoms with E-state index in [1.807, 2.05) is 12.1 Å². The molecule has 14 heavy (non-hydrogen) atoms. The molecular formula is C11H16N2O. The van der Waals surface area contributed by atoms with Gasteiger partial charge in [0.15, 0.2) is 0 Å². The molecule has 0 saturated heterocycles. The number of hydrogen-bond donors (Lipinski definition) is 2. The van der Waals surface area contributed by atoms with Gasteiger partial charge < -0.3 is 15.8 Å². The zero-order chi connectivity index (χ0) is 9.80. The van der Waals surface area contributed by atoms with Crippen molar-refractivity contribution in [2.45, 2.75) is 5.92 Å². The Morgan fingerprint density at radius 3 is 3.14 bits per heavy atom. The summed E-state index contributed by atoms with van der Waals surface area (Å²) in [7, 11) is 0. The fraction of sp³-hybridized carbons (Fsp3) is 0.455. The van der Waals surface area contributed by atoms with Gasteiger partial charge in [0.1, 0.15) is 5.75 Å². The SMILES string of the molecule is NCCNCC1COc2ccccc21. The first-order valence-electron chi connectivity index (χ1n) is 5.04. The van der Waals surface area contributed by atoms with Gasteiger partial charge in [-0.25, -0.2) is 0 Å². The van der Waals surface area contributed by atoms with Gasteiger partial charge in [0.25, 0.3) is 0 Å². The van der Waals surface area contributed by atoms with E-state index in [0.29, 0.717) is 12.5 Å². The molecule has 0 fully saturated rings. The number of nitrogens with two attached hydrogens (primary N) is 1. The van der Waals surface area contributed by atoms with Crippen LogP contribution >= 0.6 is 0 Å². The Balaban J connectivity index is 1.96. The molecule has 1 unspecified atom stereocenters. The van der Waals surface area contributed by atoms with Gasteiger partial charge in [-0.05, 0) is 6.07 Å². The number of hydrogen-bond acceptors (Lipinski definition) is 3. The Bertz CT molecular complexity index is 301. The molecular weight excluding hydrogens is 176 g/mol. The van der Waals surface area contributed by atoms with E-state index in [0.717, 1.165) is 25.4 Å². The normalized spacial score (nSPS) is 19.1. The molecule has 0 aliphatic carbocycles. The minimum Gasteiger partial charge on any atom is -0.493 e. The molecule has 3 nitrogen and oxygen atoms in total. The van der Waals surface area contributed by atoms with Gasteiger partial charge in [0.2, 0.25) is 0 Å². The van der Waals surface area contributed by atoms with E-state index >= 15 is 0 Å². The molecule has 0 amide bonds. The van der Waals surface area contributed by atoms with Crippen LogP contribution in [-0.4, -0.2) is 26.2 Å². The van der Waals surface area contributed by atoms with Gasteiger partial charge in [-0.2, -0.15) is 0 Å². The summed E-state index contributed by atoms with van der Waals surface area (Å²) in [4.78, 5) is 0. The summed E-state index contributed by atoms with van der Waals surface area (Å²) in [6, 6.07) is 8.23. The summed E-state index contributed by atoms with van der Waals surface area (Å²) < 4.78 is 5.57. The molecule has 1 aliphatic rings. The molecule has 0 radical (unpaired) electrons. The zero-order valence-electron chi connectivity index (χ0n) is 8.20. The van der Waals surface area contributed by atoms with E-state index in [2.05, 4.69) is 17.4 Å². The summed E-state index contributed by atoms with van der Waals surface area (Å²) in [5, 5.41) is 3.31. The van der Waals surface area contributed by atoms with Crippen LogP contribution in [0.15, 0.2) is 24.3 Å². The highest BCUT2D eigenvalue weighted by Gasteiger charge is 2.22. The fourth-order valence-corrected chi connectivity index (χ4v) is 1.78. The van der Waals surface area contributed by atoms with E-state index in [9.17, 15) is 0 Å². The van der Waals surface area contributed by atoms with E-state index in [4.69, 9.17) is 10.5 Å². The highest BCUT2D eigenvalue weighted by Crippen LogP contribution is 2.32.